The van der Waals surface area contributed by atoms with Crippen molar-refractivity contribution >= 4 is 45.4 Å². The molecule has 2 fully saturated rings. The van der Waals surface area contributed by atoms with Gasteiger partial charge in [-0.3, -0.25) is 9.69 Å². The number of rotatable bonds is 8. The van der Waals surface area contributed by atoms with E-state index in [4.69, 9.17) is 9.47 Å². The SMILES string of the molecule is CCOc1cc(/C=C2\SC(=Nc3ccccc3F)N(C3CCCCC3)C2=O)ccc1OCc1cccc2ccccc12. The summed E-state index contributed by atoms with van der Waals surface area (Å²) in [5, 5.41) is 2.86. The van der Waals surface area contributed by atoms with Crippen molar-refractivity contribution in [1.82, 2.24) is 4.90 Å². The summed E-state index contributed by atoms with van der Waals surface area (Å²) >= 11 is 1.30. The number of para-hydroxylation sites is 1. The van der Waals surface area contributed by atoms with Gasteiger partial charge in [0.2, 0.25) is 0 Å². The molecule has 0 spiro atoms. The molecule has 42 heavy (non-hydrogen) atoms. The quantitative estimate of drug-likeness (QED) is 0.195. The van der Waals surface area contributed by atoms with Gasteiger partial charge in [-0.05, 0) is 83.8 Å². The van der Waals surface area contributed by atoms with Crippen LogP contribution in [-0.4, -0.2) is 28.6 Å². The second kappa shape index (κ2) is 12.8. The average Bonchev–Trinajstić information content (AvgIpc) is 3.32. The lowest BCUT2D eigenvalue weighted by molar-refractivity contribution is -0.124. The van der Waals surface area contributed by atoms with E-state index >= 15 is 0 Å². The molecule has 6 rings (SSSR count). The third kappa shape index (κ3) is 6.07. The van der Waals surface area contributed by atoms with Gasteiger partial charge in [0.15, 0.2) is 16.7 Å². The van der Waals surface area contributed by atoms with Gasteiger partial charge in [-0.15, -0.1) is 0 Å². The van der Waals surface area contributed by atoms with Crippen LogP contribution in [0.1, 0.15) is 50.2 Å². The number of fused-ring (bicyclic) bond motifs is 1. The molecule has 0 bridgehead atoms. The van der Waals surface area contributed by atoms with E-state index in [0.29, 0.717) is 34.8 Å². The second-order valence-electron chi connectivity index (χ2n) is 10.5. The first-order valence-electron chi connectivity index (χ1n) is 14.5. The van der Waals surface area contributed by atoms with E-state index in [0.717, 1.165) is 42.2 Å². The van der Waals surface area contributed by atoms with Crippen molar-refractivity contribution in [1.29, 1.82) is 0 Å². The highest BCUT2D eigenvalue weighted by atomic mass is 32.2. The van der Waals surface area contributed by atoms with Gasteiger partial charge in [-0.1, -0.05) is 79.9 Å². The third-order valence-electron chi connectivity index (χ3n) is 7.67. The molecule has 0 atom stereocenters. The lowest BCUT2D eigenvalue weighted by atomic mass is 9.94. The zero-order valence-corrected chi connectivity index (χ0v) is 24.4. The van der Waals surface area contributed by atoms with Crippen LogP contribution in [0.4, 0.5) is 10.1 Å². The molecule has 1 saturated heterocycles. The molecule has 1 aliphatic carbocycles. The van der Waals surface area contributed by atoms with Gasteiger partial charge in [0.25, 0.3) is 5.91 Å². The normalized spacial score (nSPS) is 17.9. The van der Waals surface area contributed by atoms with Gasteiger partial charge in [-0.25, -0.2) is 9.38 Å². The highest BCUT2D eigenvalue weighted by molar-refractivity contribution is 8.18. The van der Waals surface area contributed by atoms with Crippen LogP contribution in [0, 0.1) is 5.82 Å². The number of hydrogen-bond donors (Lipinski definition) is 0. The van der Waals surface area contributed by atoms with Crippen LogP contribution in [0.5, 0.6) is 11.5 Å². The highest BCUT2D eigenvalue weighted by Gasteiger charge is 2.38. The molecule has 0 unspecified atom stereocenters. The number of amidine groups is 1. The zero-order valence-electron chi connectivity index (χ0n) is 23.6. The molecular formula is C35H33FN2O3S. The fourth-order valence-corrected chi connectivity index (χ4v) is 6.65. The first kappa shape index (κ1) is 28.0. The van der Waals surface area contributed by atoms with Gasteiger partial charge < -0.3 is 9.47 Å². The van der Waals surface area contributed by atoms with Crippen LogP contribution >= 0.6 is 11.8 Å². The fraction of sp³-hybridized carbons (Fsp3) is 0.257. The summed E-state index contributed by atoms with van der Waals surface area (Å²) in [6.07, 6.45) is 7.03. The van der Waals surface area contributed by atoms with Crippen molar-refractivity contribution in [2.45, 2.75) is 51.7 Å². The largest absolute Gasteiger partial charge is 0.490 e. The second-order valence-corrected chi connectivity index (χ2v) is 11.5. The van der Waals surface area contributed by atoms with E-state index in [2.05, 4.69) is 29.3 Å². The summed E-state index contributed by atoms with van der Waals surface area (Å²) in [5.41, 5.74) is 2.16. The summed E-state index contributed by atoms with van der Waals surface area (Å²) in [5.74, 6) is 0.769. The molecule has 214 valence electrons. The third-order valence-corrected chi connectivity index (χ3v) is 8.66. The molecule has 5 nitrogen and oxygen atoms in total. The lowest BCUT2D eigenvalue weighted by Crippen LogP contribution is -2.40. The van der Waals surface area contributed by atoms with Gasteiger partial charge in [0.05, 0.1) is 11.5 Å². The molecule has 1 saturated carbocycles. The van der Waals surface area contributed by atoms with Crippen LogP contribution in [0.25, 0.3) is 16.8 Å². The number of halogens is 1. The van der Waals surface area contributed by atoms with E-state index < -0.39 is 5.82 Å². The Morgan fingerprint density at radius 2 is 1.71 bits per heavy atom. The maximum atomic E-state index is 14.5. The smallest absolute Gasteiger partial charge is 0.267 e. The Hall–Kier alpha value is -4.10. The van der Waals surface area contributed by atoms with Gasteiger partial charge in [0, 0.05) is 6.04 Å². The number of benzene rings is 4. The summed E-state index contributed by atoms with van der Waals surface area (Å²) in [7, 11) is 0. The Balaban J connectivity index is 1.28. The van der Waals surface area contributed by atoms with E-state index in [9.17, 15) is 9.18 Å². The molecule has 1 aliphatic heterocycles. The van der Waals surface area contributed by atoms with Crippen molar-refractivity contribution in [3.05, 3.63) is 107 Å². The Morgan fingerprint density at radius 3 is 2.55 bits per heavy atom. The number of thioether (sulfide) groups is 1. The van der Waals surface area contributed by atoms with Crippen LogP contribution in [-0.2, 0) is 11.4 Å². The number of carbonyl (C=O) groups excluding carboxylic acids is 1. The van der Waals surface area contributed by atoms with Crippen molar-refractivity contribution in [2.24, 2.45) is 4.99 Å². The maximum Gasteiger partial charge on any atom is 0.267 e. The predicted octanol–water partition coefficient (Wildman–Crippen LogP) is 8.89. The molecule has 0 aromatic heterocycles. The maximum absolute atomic E-state index is 14.5. The summed E-state index contributed by atoms with van der Waals surface area (Å²) in [6.45, 7) is 2.82. The molecule has 0 N–H and O–H groups in total. The minimum atomic E-state index is -0.403. The van der Waals surface area contributed by atoms with Crippen molar-refractivity contribution in [2.75, 3.05) is 6.61 Å². The van der Waals surface area contributed by atoms with E-state index in [-0.39, 0.29) is 17.6 Å². The number of ether oxygens (including phenoxy) is 2. The number of amides is 1. The zero-order chi connectivity index (χ0) is 28.9. The molecule has 0 radical (unpaired) electrons. The Labute approximate surface area is 250 Å². The standard InChI is InChI=1S/C35H33FN2O3S/c1-2-40-32-21-24(19-20-31(32)41-23-26-13-10-12-25-11-6-7-16-28(25)26)22-33-34(39)38(27-14-4-3-5-15-27)35(42-33)37-30-18-9-8-17-29(30)36/h6-13,16-22,27H,2-5,14-15,23H2,1H3/b33-22-,37-35?. The van der Waals surface area contributed by atoms with Crippen molar-refractivity contribution < 1.29 is 18.7 Å². The van der Waals surface area contributed by atoms with Crippen molar-refractivity contribution in [3.63, 3.8) is 0 Å². The predicted molar refractivity (Wildman–Crippen MR) is 169 cm³/mol. The van der Waals surface area contributed by atoms with E-state index in [1.54, 1.807) is 23.1 Å². The Bertz CT molecular complexity index is 1660. The molecule has 1 heterocycles. The summed E-state index contributed by atoms with van der Waals surface area (Å²) < 4.78 is 26.7. The van der Waals surface area contributed by atoms with Crippen LogP contribution in [0.15, 0.2) is 94.8 Å². The van der Waals surface area contributed by atoms with Crippen LogP contribution in [0.2, 0.25) is 0 Å². The summed E-state index contributed by atoms with van der Waals surface area (Å²) in [4.78, 5) is 20.7. The van der Waals surface area contributed by atoms with Gasteiger partial charge in [0.1, 0.15) is 18.1 Å². The molecule has 7 heteroatoms. The molecular weight excluding hydrogens is 547 g/mol. The molecule has 4 aromatic rings. The summed E-state index contributed by atoms with van der Waals surface area (Å²) in [6, 6.07) is 26.7. The molecule has 4 aromatic carbocycles. The number of aliphatic imine (C=N–C) groups is 1. The molecule has 2 aliphatic rings. The lowest BCUT2D eigenvalue weighted by Gasteiger charge is -2.30. The number of nitrogens with zero attached hydrogens (tertiary/aromatic N) is 2. The van der Waals surface area contributed by atoms with Crippen molar-refractivity contribution in [3.8, 4) is 11.5 Å². The van der Waals surface area contributed by atoms with E-state index in [1.807, 2.05) is 49.4 Å². The highest BCUT2D eigenvalue weighted by Crippen LogP contribution is 2.40. The van der Waals surface area contributed by atoms with Gasteiger partial charge >= 0.3 is 0 Å². The fourth-order valence-electron chi connectivity index (χ4n) is 5.60. The monoisotopic (exact) mass is 580 g/mol. The number of carbonyl (C=O) groups is 1. The van der Waals surface area contributed by atoms with Crippen LogP contribution < -0.4 is 9.47 Å². The Kier molecular flexibility index (Phi) is 8.56. The first-order valence-corrected chi connectivity index (χ1v) is 15.3. The minimum Gasteiger partial charge on any atom is -0.490 e. The minimum absolute atomic E-state index is 0.0685. The van der Waals surface area contributed by atoms with Crippen LogP contribution in [0.3, 0.4) is 0 Å². The van der Waals surface area contributed by atoms with E-state index in [1.165, 1.54) is 29.6 Å². The number of hydrogen-bond acceptors (Lipinski definition) is 5. The van der Waals surface area contributed by atoms with Gasteiger partial charge in [-0.2, -0.15) is 0 Å². The Morgan fingerprint density at radius 1 is 0.929 bits per heavy atom. The topological polar surface area (TPSA) is 51.1 Å². The first-order chi connectivity index (χ1) is 20.6. The average molecular weight is 581 g/mol. The molecule has 1 amide bonds.